The highest BCUT2D eigenvalue weighted by molar-refractivity contribution is 5.90. The van der Waals surface area contributed by atoms with Crippen LogP contribution in [0.1, 0.15) is 59.9 Å². The molecule has 1 N–H and O–H groups in total. The maximum Gasteiger partial charge on any atom is 0.224 e. The van der Waals surface area contributed by atoms with E-state index in [1.54, 1.807) is 0 Å². The van der Waals surface area contributed by atoms with E-state index in [4.69, 9.17) is 0 Å². The molecule has 0 aromatic heterocycles. The summed E-state index contributed by atoms with van der Waals surface area (Å²) in [5.41, 5.74) is 1.76. The molecule has 3 nitrogen and oxygen atoms in total. The molecule has 1 aromatic rings. The van der Waals surface area contributed by atoms with Gasteiger partial charge in [0.15, 0.2) is 0 Å². The second-order valence-electron chi connectivity index (χ2n) is 3.67. The van der Waals surface area contributed by atoms with Crippen LogP contribution in [0.3, 0.4) is 0 Å². The molecule has 20 heavy (non-hydrogen) atoms. The number of nitrogens with one attached hydrogen (secondary N) is 1. The third-order valence-electron chi connectivity index (χ3n) is 2.35. The van der Waals surface area contributed by atoms with Gasteiger partial charge >= 0.3 is 0 Å². The number of benzene rings is 1. The molecule has 0 radical (unpaired) electrons. The predicted molar refractivity (Wildman–Crippen MR) is 87.1 cm³/mol. The SMILES string of the molecule is CC.CC.CCC(=O)Cc1ccc(NC(=O)CC)cc1. The fourth-order valence-corrected chi connectivity index (χ4v) is 1.31. The van der Waals surface area contributed by atoms with Gasteiger partial charge in [0.05, 0.1) is 0 Å². The second-order valence-corrected chi connectivity index (χ2v) is 3.67. The topological polar surface area (TPSA) is 46.2 Å². The molecule has 1 amide bonds. The maximum atomic E-state index is 11.2. The molecule has 0 heterocycles. The highest BCUT2D eigenvalue weighted by atomic mass is 16.1. The Balaban J connectivity index is 0. The summed E-state index contributed by atoms with van der Waals surface area (Å²) >= 11 is 0. The maximum absolute atomic E-state index is 11.2. The lowest BCUT2D eigenvalue weighted by atomic mass is 10.1. The van der Waals surface area contributed by atoms with E-state index in [0.29, 0.717) is 19.3 Å². The number of hydrogen-bond acceptors (Lipinski definition) is 2. The van der Waals surface area contributed by atoms with Gasteiger partial charge in [-0.15, -0.1) is 0 Å². The number of Topliss-reactive ketones (excluding diaryl/α,β-unsaturated/α-hetero) is 1. The van der Waals surface area contributed by atoms with Crippen molar-refractivity contribution in [2.45, 2.75) is 60.8 Å². The fraction of sp³-hybridized carbons (Fsp3) is 0.529. The van der Waals surface area contributed by atoms with Gasteiger partial charge in [-0.05, 0) is 17.7 Å². The van der Waals surface area contributed by atoms with Gasteiger partial charge in [0.1, 0.15) is 5.78 Å². The van der Waals surface area contributed by atoms with Crippen LogP contribution in [0.15, 0.2) is 24.3 Å². The van der Waals surface area contributed by atoms with Crippen LogP contribution >= 0.6 is 0 Å². The first-order chi connectivity index (χ1) is 9.65. The van der Waals surface area contributed by atoms with E-state index in [1.807, 2.05) is 65.8 Å². The summed E-state index contributed by atoms with van der Waals surface area (Å²) in [6.45, 7) is 11.7. The Labute approximate surface area is 123 Å². The van der Waals surface area contributed by atoms with E-state index < -0.39 is 0 Å². The average molecular weight is 279 g/mol. The van der Waals surface area contributed by atoms with Gasteiger partial charge in [0, 0.05) is 24.9 Å². The molecule has 0 aliphatic rings. The van der Waals surface area contributed by atoms with E-state index in [1.165, 1.54) is 0 Å². The van der Waals surface area contributed by atoms with Gasteiger partial charge in [-0.2, -0.15) is 0 Å². The van der Waals surface area contributed by atoms with Crippen LogP contribution in [0, 0.1) is 0 Å². The Bertz CT molecular complexity index is 332. The second kappa shape index (κ2) is 13.8. The minimum absolute atomic E-state index is 0.00242. The van der Waals surface area contributed by atoms with E-state index >= 15 is 0 Å². The molecule has 0 fully saturated rings. The monoisotopic (exact) mass is 279 g/mol. The first-order valence-corrected chi connectivity index (χ1v) is 7.56. The Morgan fingerprint density at radius 1 is 0.900 bits per heavy atom. The number of amides is 1. The predicted octanol–water partition coefficient (Wildman–Crippen LogP) is 4.61. The molecule has 0 saturated carbocycles. The van der Waals surface area contributed by atoms with Crippen molar-refractivity contribution < 1.29 is 9.59 Å². The molecule has 1 aromatic carbocycles. The summed E-state index contributed by atoms with van der Waals surface area (Å²) in [6.07, 6.45) is 1.50. The van der Waals surface area contributed by atoms with Crippen molar-refractivity contribution in [3.63, 3.8) is 0 Å². The van der Waals surface area contributed by atoms with Crippen molar-refractivity contribution in [1.82, 2.24) is 0 Å². The molecule has 0 bridgehead atoms. The first-order valence-electron chi connectivity index (χ1n) is 7.56. The summed E-state index contributed by atoms with van der Waals surface area (Å²) in [5, 5.41) is 2.76. The van der Waals surface area contributed by atoms with Gasteiger partial charge < -0.3 is 5.32 Å². The first kappa shape index (κ1) is 20.7. The highest BCUT2D eigenvalue weighted by Gasteiger charge is 2.02. The van der Waals surface area contributed by atoms with E-state index in [0.717, 1.165) is 11.3 Å². The van der Waals surface area contributed by atoms with E-state index in [2.05, 4.69) is 5.32 Å². The summed E-state index contributed by atoms with van der Waals surface area (Å²) in [6, 6.07) is 7.40. The number of ketones is 1. The van der Waals surface area contributed by atoms with Gasteiger partial charge in [-0.1, -0.05) is 53.7 Å². The number of hydrogen-bond donors (Lipinski definition) is 1. The van der Waals surface area contributed by atoms with Crippen LogP contribution < -0.4 is 5.32 Å². The summed E-state index contributed by atoms with van der Waals surface area (Å²) < 4.78 is 0. The zero-order valence-electron chi connectivity index (χ0n) is 13.7. The van der Waals surface area contributed by atoms with E-state index in [9.17, 15) is 9.59 Å². The number of carbonyl (C=O) groups is 2. The molecule has 0 spiro atoms. The zero-order valence-corrected chi connectivity index (χ0v) is 13.7. The quantitative estimate of drug-likeness (QED) is 0.855. The lowest BCUT2D eigenvalue weighted by Crippen LogP contribution is -2.09. The third-order valence-corrected chi connectivity index (χ3v) is 2.35. The minimum atomic E-state index is -0.00242. The van der Waals surface area contributed by atoms with Crippen LogP contribution in [0.2, 0.25) is 0 Å². The molecule has 114 valence electrons. The van der Waals surface area contributed by atoms with Gasteiger partial charge in [-0.3, -0.25) is 9.59 Å². The molecule has 0 saturated heterocycles. The van der Waals surface area contributed by atoms with Crippen LogP contribution in [-0.4, -0.2) is 11.7 Å². The lowest BCUT2D eigenvalue weighted by molar-refractivity contribution is -0.118. The van der Waals surface area contributed by atoms with E-state index in [-0.39, 0.29) is 11.7 Å². The minimum Gasteiger partial charge on any atom is -0.326 e. The van der Waals surface area contributed by atoms with Crippen LogP contribution in [0.25, 0.3) is 0 Å². The van der Waals surface area contributed by atoms with Gasteiger partial charge in [0.25, 0.3) is 0 Å². The summed E-state index contributed by atoms with van der Waals surface area (Å²) in [5.74, 6) is 0.225. The molecule has 0 atom stereocenters. The lowest BCUT2D eigenvalue weighted by Gasteiger charge is -2.04. The molecule has 3 heteroatoms. The standard InChI is InChI=1S/C13H17NO2.2C2H6/c1-3-12(15)9-10-5-7-11(8-6-10)14-13(16)4-2;2*1-2/h5-8H,3-4,9H2,1-2H3,(H,14,16);2*1-2H3. The smallest absolute Gasteiger partial charge is 0.224 e. The number of rotatable bonds is 5. The number of anilines is 1. The van der Waals surface area contributed by atoms with Crippen molar-refractivity contribution in [3.8, 4) is 0 Å². The van der Waals surface area contributed by atoms with Crippen LogP contribution in [-0.2, 0) is 16.0 Å². The van der Waals surface area contributed by atoms with Crippen molar-refractivity contribution >= 4 is 17.4 Å². The Morgan fingerprint density at radius 3 is 1.80 bits per heavy atom. The highest BCUT2D eigenvalue weighted by Crippen LogP contribution is 2.11. The van der Waals surface area contributed by atoms with Gasteiger partial charge in [0.2, 0.25) is 5.91 Å². The van der Waals surface area contributed by atoms with Crippen LogP contribution in [0.4, 0.5) is 5.69 Å². The Hall–Kier alpha value is -1.64. The molecule has 0 aliphatic heterocycles. The average Bonchev–Trinajstić information content (AvgIpc) is 2.53. The van der Waals surface area contributed by atoms with Gasteiger partial charge in [-0.25, -0.2) is 0 Å². The molecule has 1 rings (SSSR count). The van der Waals surface area contributed by atoms with Crippen molar-refractivity contribution in [2.24, 2.45) is 0 Å². The zero-order chi connectivity index (χ0) is 16.0. The summed E-state index contributed by atoms with van der Waals surface area (Å²) in [7, 11) is 0. The Morgan fingerprint density at radius 2 is 1.40 bits per heavy atom. The largest absolute Gasteiger partial charge is 0.326 e. The van der Waals surface area contributed by atoms with Crippen molar-refractivity contribution in [2.75, 3.05) is 5.32 Å². The fourth-order valence-electron chi connectivity index (χ4n) is 1.31. The molecule has 0 aliphatic carbocycles. The molecule has 0 unspecified atom stereocenters. The van der Waals surface area contributed by atoms with Crippen molar-refractivity contribution in [1.29, 1.82) is 0 Å². The Kier molecular flexibility index (Phi) is 14.2. The normalized spacial score (nSPS) is 8.50. The number of carbonyl (C=O) groups excluding carboxylic acids is 2. The molecular weight excluding hydrogens is 250 g/mol. The van der Waals surface area contributed by atoms with Crippen LogP contribution in [0.5, 0.6) is 0 Å². The third kappa shape index (κ3) is 9.31. The molecular formula is C17H29NO2. The van der Waals surface area contributed by atoms with Crippen molar-refractivity contribution in [3.05, 3.63) is 29.8 Å². The summed E-state index contributed by atoms with van der Waals surface area (Å²) in [4.78, 5) is 22.3.